The zero-order valence-electron chi connectivity index (χ0n) is 16.8. The molecule has 0 spiro atoms. The van der Waals surface area contributed by atoms with Gasteiger partial charge in [-0.25, -0.2) is 0 Å². The Kier molecular flexibility index (Phi) is 7.13. The molecule has 27 heavy (non-hydrogen) atoms. The summed E-state index contributed by atoms with van der Waals surface area (Å²) in [5.74, 6) is -0.398. The monoisotopic (exact) mass is 367 g/mol. The van der Waals surface area contributed by atoms with Crippen LogP contribution in [0.2, 0.25) is 0 Å². The molecule has 0 radical (unpaired) electrons. The van der Waals surface area contributed by atoms with E-state index >= 15 is 0 Å². The third-order valence-corrected chi connectivity index (χ3v) is 4.72. The van der Waals surface area contributed by atoms with Gasteiger partial charge in [-0.3, -0.25) is 14.5 Å². The molecule has 2 aromatic rings. The van der Waals surface area contributed by atoms with Gasteiger partial charge in [-0.15, -0.1) is 0 Å². The molecule has 5 nitrogen and oxygen atoms in total. The van der Waals surface area contributed by atoms with Crippen LogP contribution in [0.1, 0.15) is 35.2 Å². The fourth-order valence-electron chi connectivity index (χ4n) is 3.15. The van der Waals surface area contributed by atoms with Gasteiger partial charge >= 0.3 is 0 Å². The van der Waals surface area contributed by atoms with Gasteiger partial charge in [0.1, 0.15) is 0 Å². The molecule has 2 amide bonds. The number of benzene rings is 2. The molecule has 2 aromatic carbocycles. The van der Waals surface area contributed by atoms with Crippen LogP contribution in [0.3, 0.4) is 0 Å². The topological polar surface area (TPSA) is 61.4 Å². The van der Waals surface area contributed by atoms with Crippen LogP contribution in [-0.2, 0) is 9.59 Å². The van der Waals surface area contributed by atoms with Crippen molar-refractivity contribution in [1.82, 2.24) is 10.2 Å². The summed E-state index contributed by atoms with van der Waals surface area (Å²) in [5.41, 5.74) is 5.16. The lowest BCUT2D eigenvalue weighted by Crippen LogP contribution is -2.40. The molecule has 2 N–H and O–H groups in total. The number of carbonyl (C=O) groups is 2. The Morgan fingerprint density at radius 2 is 1.59 bits per heavy atom. The molecule has 5 heteroatoms. The second kappa shape index (κ2) is 9.33. The Labute approximate surface area is 161 Å². The second-order valence-electron chi connectivity index (χ2n) is 7.10. The average Bonchev–Trinajstić information content (AvgIpc) is 2.63. The minimum absolute atomic E-state index is 0.0425. The van der Waals surface area contributed by atoms with Crippen molar-refractivity contribution in [2.75, 3.05) is 25.5 Å². The van der Waals surface area contributed by atoms with Gasteiger partial charge < -0.3 is 10.6 Å². The highest BCUT2D eigenvalue weighted by Gasteiger charge is 2.15. The maximum Gasteiger partial charge on any atom is 0.243 e. The van der Waals surface area contributed by atoms with E-state index in [0.29, 0.717) is 0 Å². The summed E-state index contributed by atoms with van der Waals surface area (Å²) in [6, 6.07) is 14.2. The first kappa shape index (κ1) is 20.6. The molecule has 0 heterocycles. The largest absolute Gasteiger partial charge is 0.346 e. The number of hydrogen-bond acceptors (Lipinski definition) is 3. The highest BCUT2D eigenvalue weighted by atomic mass is 16.2. The van der Waals surface area contributed by atoms with Crippen LogP contribution in [0.5, 0.6) is 0 Å². The van der Waals surface area contributed by atoms with Crippen molar-refractivity contribution in [3.05, 3.63) is 64.7 Å². The van der Waals surface area contributed by atoms with Gasteiger partial charge in [0.25, 0.3) is 0 Å². The second-order valence-corrected chi connectivity index (χ2v) is 7.10. The van der Waals surface area contributed by atoms with E-state index in [4.69, 9.17) is 0 Å². The number of amides is 2. The number of carbonyl (C=O) groups excluding carboxylic acids is 2. The molecule has 0 aromatic heterocycles. The summed E-state index contributed by atoms with van der Waals surface area (Å²) >= 11 is 0. The van der Waals surface area contributed by atoms with E-state index in [0.717, 1.165) is 27.9 Å². The lowest BCUT2D eigenvalue weighted by molar-refractivity contribution is -0.125. The number of nitrogens with zero attached hydrogens (tertiary/aromatic N) is 1. The van der Waals surface area contributed by atoms with Crippen molar-refractivity contribution >= 4 is 17.5 Å². The van der Waals surface area contributed by atoms with Gasteiger partial charge in [0, 0.05) is 11.7 Å². The van der Waals surface area contributed by atoms with Crippen molar-refractivity contribution in [3.63, 3.8) is 0 Å². The first-order chi connectivity index (χ1) is 12.8. The predicted octanol–water partition coefficient (Wildman–Crippen LogP) is 3.36. The minimum atomic E-state index is -0.225. The van der Waals surface area contributed by atoms with Gasteiger partial charge in [0.2, 0.25) is 11.8 Å². The first-order valence-electron chi connectivity index (χ1n) is 9.17. The Morgan fingerprint density at radius 3 is 2.19 bits per heavy atom. The van der Waals surface area contributed by atoms with E-state index in [9.17, 15) is 9.59 Å². The molecular weight excluding hydrogens is 338 g/mol. The average molecular weight is 367 g/mol. The number of rotatable bonds is 7. The summed E-state index contributed by atoms with van der Waals surface area (Å²) < 4.78 is 0. The number of aryl methyl sites for hydroxylation is 3. The Hall–Kier alpha value is -2.66. The molecule has 1 atom stereocenters. The van der Waals surface area contributed by atoms with Crippen LogP contribution in [0.4, 0.5) is 5.69 Å². The molecule has 0 saturated heterocycles. The van der Waals surface area contributed by atoms with Crippen LogP contribution in [0.15, 0.2) is 42.5 Å². The summed E-state index contributed by atoms with van der Waals surface area (Å²) in [7, 11) is 1.90. The Balaban J connectivity index is 1.84. The molecule has 0 bridgehead atoms. The maximum absolute atomic E-state index is 12.2. The highest BCUT2D eigenvalue weighted by molar-refractivity contribution is 5.96. The fraction of sp³-hybridized carbons (Fsp3) is 0.364. The molecule has 2 rings (SSSR count). The quantitative estimate of drug-likeness (QED) is 0.789. The van der Waals surface area contributed by atoms with Crippen LogP contribution in [-0.4, -0.2) is 36.9 Å². The normalized spacial score (nSPS) is 11.9. The molecule has 0 unspecified atom stereocenters. The molecule has 0 saturated carbocycles. The molecule has 0 fully saturated rings. The van der Waals surface area contributed by atoms with Crippen LogP contribution in [0.25, 0.3) is 0 Å². The minimum Gasteiger partial charge on any atom is -0.346 e. The number of hydrogen-bond donors (Lipinski definition) is 2. The van der Waals surface area contributed by atoms with Crippen LogP contribution in [0, 0.1) is 20.8 Å². The molecule has 0 aliphatic heterocycles. The van der Waals surface area contributed by atoms with Crippen molar-refractivity contribution in [3.8, 4) is 0 Å². The van der Waals surface area contributed by atoms with Crippen molar-refractivity contribution in [2.24, 2.45) is 0 Å². The van der Waals surface area contributed by atoms with Crippen molar-refractivity contribution < 1.29 is 9.59 Å². The number of nitrogens with one attached hydrogen (secondary N) is 2. The zero-order valence-corrected chi connectivity index (χ0v) is 16.8. The van der Waals surface area contributed by atoms with Gasteiger partial charge in [-0.2, -0.15) is 0 Å². The highest BCUT2D eigenvalue weighted by Crippen LogP contribution is 2.21. The smallest absolute Gasteiger partial charge is 0.243 e. The van der Waals surface area contributed by atoms with E-state index < -0.39 is 0 Å². The zero-order chi connectivity index (χ0) is 20.0. The first-order valence-corrected chi connectivity index (χ1v) is 9.17. The maximum atomic E-state index is 12.2. The molecule has 0 aliphatic carbocycles. The Bertz CT molecular complexity index is 779. The van der Waals surface area contributed by atoms with E-state index in [1.807, 2.05) is 75.2 Å². The van der Waals surface area contributed by atoms with Crippen LogP contribution < -0.4 is 10.6 Å². The van der Waals surface area contributed by atoms with Gasteiger partial charge in [-0.05, 0) is 51.4 Å². The lowest BCUT2D eigenvalue weighted by Gasteiger charge is -2.24. The van der Waals surface area contributed by atoms with Crippen molar-refractivity contribution in [1.29, 1.82) is 0 Å². The van der Waals surface area contributed by atoms with Crippen LogP contribution >= 0.6 is 0 Å². The Morgan fingerprint density at radius 1 is 1.00 bits per heavy atom. The number of likely N-dealkylation sites (N-methyl/N-ethyl adjacent to an activating group) is 1. The fourth-order valence-corrected chi connectivity index (χ4v) is 3.15. The molecule has 0 aliphatic rings. The van der Waals surface area contributed by atoms with Gasteiger partial charge in [0.05, 0.1) is 13.1 Å². The van der Waals surface area contributed by atoms with E-state index in [1.165, 1.54) is 0 Å². The van der Waals surface area contributed by atoms with Gasteiger partial charge in [0.15, 0.2) is 0 Å². The third kappa shape index (κ3) is 5.93. The molecule has 144 valence electrons. The SMILES string of the molecule is Cc1cc(C)c(NC(=O)CNC(=O)CN(C)[C@H](C)c2ccccc2)c(C)c1. The summed E-state index contributed by atoms with van der Waals surface area (Å²) in [6.45, 7) is 8.20. The van der Waals surface area contributed by atoms with Crippen molar-refractivity contribution in [2.45, 2.75) is 33.7 Å². The number of anilines is 1. The predicted molar refractivity (Wildman–Crippen MR) is 110 cm³/mol. The third-order valence-electron chi connectivity index (χ3n) is 4.72. The summed E-state index contributed by atoms with van der Waals surface area (Å²) in [5, 5.41) is 5.59. The van der Waals surface area contributed by atoms with E-state index in [2.05, 4.69) is 17.6 Å². The lowest BCUT2D eigenvalue weighted by atomic mass is 10.1. The van der Waals surface area contributed by atoms with E-state index in [-0.39, 0.29) is 30.9 Å². The summed E-state index contributed by atoms with van der Waals surface area (Å²) in [6.07, 6.45) is 0. The van der Waals surface area contributed by atoms with Gasteiger partial charge in [-0.1, -0.05) is 48.0 Å². The summed E-state index contributed by atoms with van der Waals surface area (Å²) in [4.78, 5) is 26.4. The molecular formula is C22H29N3O2. The van der Waals surface area contributed by atoms with E-state index in [1.54, 1.807) is 0 Å². The standard InChI is InChI=1S/C22H29N3O2/c1-15-11-16(2)22(17(3)12-15)24-20(26)13-23-21(27)14-25(5)18(4)19-9-7-6-8-10-19/h6-12,18H,13-14H2,1-5H3,(H,23,27)(H,24,26)/t18-/m1/s1.